The molecule has 0 heterocycles. The van der Waals surface area contributed by atoms with Gasteiger partial charge in [0.1, 0.15) is 11.5 Å². The lowest BCUT2D eigenvalue weighted by molar-refractivity contribution is 0.398. The highest BCUT2D eigenvalue weighted by atomic mass is 35.5. The lowest BCUT2D eigenvalue weighted by atomic mass is 10.1. The van der Waals surface area contributed by atoms with Crippen LogP contribution in [-0.2, 0) is 6.42 Å². The number of methoxy groups -OCH3 is 2. The summed E-state index contributed by atoms with van der Waals surface area (Å²) in [6.07, 6.45) is 0.278. The van der Waals surface area contributed by atoms with E-state index in [9.17, 15) is 0 Å². The van der Waals surface area contributed by atoms with Crippen LogP contribution in [0.15, 0.2) is 12.1 Å². The fourth-order valence-electron chi connectivity index (χ4n) is 1.26. The largest absolute Gasteiger partial charge is 0.496 e. The van der Waals surface area contributed by atoms with Crippen LogP contribution in [0.4, 0.5) is 0 Å². The molecule has 1 atom stereocenters. The molecule has 4 heteroatoms. The minimum absolute atomic E-state index is 0.0233. The minimum Gasteiger partial charge on any atom is -0.496 e. The van der Waals surface area contributed by atoms with Gasteiger partial charge in [0, 0.05) is 12.1 Å². The molecule has 84 valence electrons. The number of rotatable bonds is 4. The molecule has 3 nitrogen and oxygen atoms in total. The Bertz CT molecular complexity index is 501. The molecule has 0 spiro atoms. The summed E-state index contributed by atoms with van der Waals surface area (Å²) < 4.78 is 52.3. The van der Waals surface area contributed by atoms with Crippen molar-refractivity contribution in [1.82, 2.24) is 0 Å². The second-order valence-corrected chi connectivity index (χ2v) is 3.68. The van der Waals surface area contributed by atoms with Crippen LogP contribution in [-0.4, -0.2) is 20.1 Å². The van der Waals surface area contributed by atoms with E-state index in [1.165, 1.54) is 12.1 Å². The van der Waals surface area contributed by atoms with Crippen molar-refractivity contribution in [3.05, 3.63) is 22.7 Å². The molecule has 15 heavy (non-hydrogen) atoms. The summed E-state index contributed by atoms with van der Waals surface area (Å²) in [5, 5.41) is -0.0567. The Morgan fingerprint density at radius 2 is 2.07 bits per heavy atom. The lowest BCUT2D eigenvalue weighted by Gasteiger charge is -2.13. The first-order valence-corrected chi connectivity index (χ1v) is 4.71. The smallest absolute Gasteiger partial charge is 0.137 e. The van der Waals surface area contributed by atoms with E-state index in [1.54, 1.807) is 6.92 Å². The zero-order valence-corrected chi connectivity index (χ0v) is 8.97. The molecule has 0 amide bonds. The zero-order chi connectivity index (χ0) is 16.4. The van der Waals surface area contributed by atoms with Gasteiger partial charge in [0.25, 0.3) is 0 Å². The van der Waals surface area contributed by atoms with Crippen LogP contribution in [0.25, 0.3) is 0 Å². The third-order valence-corrected chi connectivity index (χ3v) is 2.17. The van der Waals surface area contributed by atoms with Crippen molar-refractivity contribution in [2.24, 2.45) is 5.73 Å². The van der Waals surface area contributed by atoms with Crippen molar-refractivity contribution < 1.29 is 17.7 Å². The molecule has 1 rings (SSSR count). The molecule has 2 N–H and O–H groups in total. The maximum absolute atomic E-state index is 7.13. The standard InChI is InChI=1S/C11H16ClNO2/c1-7(13)4-8-5-11(15-3)9(12)6-10(8)14-2/h5-7H,4,13H2,1-3H3/i2D3,3D3. The summed E-state index contributed by atoms with van der Waals surface area (Å²) >= 11 is 5.90. The molecule has 1 unspecified atom stereocenters. The van der Waals surface area contributed by atoms with Crippen LogP contribution >= 0.6 is 11.6 Å². The Morgan fingerprint density at radius 1 is 1.40 bits per heavy atom. The van der Waals surface area contributed by atoms with E-state index in [-0.39, 0.29) is 29.0 Å². The highest BCUT2D eigenvalue weighted by Crippen LogP contribution is 2.32. The summed E-state index contributed by atoms with van der Waals surface area (Å²) in [6, 6.07) is 2.26. The number of halogens is 1. The molecular weight excluding hydrogens is 214 g/mol. The molecule has 0 saturated carbocycles. The van der Waals surface area contributed by atoms with Crippen molar-refractivity contribution in [1.29, 1.82) is 0 Å². The Balaban J connectivity index is 3.22. The van der Waals surface area contributed by atoms with E-state index in [4.69, 9.17) is 35.0 Å². The molecular formula is C11H16ClNO2. The Kier molecular flexibility index (Phi) is 2.08. The van der Waals surface area contributed by atoms with E-state index in [0.717, 1.165) is 0 Å². The van der Waals surface area contributed by atoms with Crippen LogP contribution in [0.3, 0.4) is 0 Å². The van der Waals surface area contributed by atoms with E-state index in [0.29, 0.717) is 5.56 Å². The van der Waals surface area contributed by atoms with E-state index in [2.05, 4.69) is 0 Å². The van der Waals surface area contributed by atoms with Crippen molar-refractivity contribution in [3.63, 3.8) is 0 Å². The van der Waals surface area contributed by atoms with Gasteiger partial charge in [0.15, 0.2) is 0 Å². The fourth-order valence-corrected chi connectivity index (χ4v) is 1.45. The van der Waals surface area contributed by atoms with Crippen LogP contribution in [0.5, 0.6) is 11.5 Å². The predicted octanol–water partition coefficient (Wildman–Crippen LogP) is 2.25. The van der Waals surface area contributed by atoms with Gasteiger partial charge in [-0.05, 0) is 25.0 Å². The quantitative estimate of drug-likeness (QED) is 0.871. The molecule has 0 aromatic heterocycles. The first-order chi connectivity index (χ1) is 9.37. The third-order valence-electron chi connectivity index (χ3n) is 1.88. The van der Waals surface area contributed by atoms with Gasteiger partial charge >= 0.3 is 0 Å². The summed E-state index contributed by atoms with van der Waals surface area (Å²) in [5.41, 5.74) is 6.10. The molecule has 0 aliphatic rings. The van der Waals surface area contributed by atoms with Gasteiger partial charge in [-0.3, -0.25) is 0 Å². The number of hydrogen-bond donors (Lipinski definition) is 1. The SMILES string of the molecule is [2H]C([2H])([2H])Oc1cc(CC(C)N)c(OC([2H])([2H])[2H])cc1Cl. The third kappa shape index (κ3) is 3.01. The van der Waals surface area contributed by atoms with Gasteiger partial charge in [-0.15, -0.1) is 0 Å². The van der Waals surface area contributed by atoms with Crippen molar-refractivity contribution >= 4 is 11.6 Å². The molecule has 0 saturated heterocycles. The van der Waals surface area contributed by atoms with Crippen molar-refractivity contribution in [3.8, 4) is 11.5 Å². The molecule has 0 bridgehead atoms. The molecule has 0 aliphatic heterocycles. The molecule has 0 radical (unpaired) electrons. The van der Waals surface area contributed by atoms with Crippen LogP contribution in [0.1, 0.15) is 20.7 Å². The zero-order valence-electron chi connectivity index (χ0n) is 14.2. The van der Waals surface area contributed by atoms with Crippen LogP contribution < -0.4 is 15.2 Å². The minimum atomic E-state index is -2.67. The van der Waals surface area contributed by atoms with Crippen LogP contribution in [0, 0.1) is 0 Å². The average Bonchev–Trinajstić information content (AvgIpc) is 2.19. The molecule has 0 fully saturated rings. The monoisotopic (exact) mass is 235 g/mol. The highest BCUT2D eigenvalue weighted by Gasteiger charge is 2.10. The van der Waals surface area contributed by atoms with E-state index in [1.807, 2.05) is 0 Å². The summed E-state index contributed by atoms with van der Waals surface area (Å²) in [6.45, 7) is 1.72. The first-order valence-electron chi connectivity index (χ1n) is 7.33. The number of benzene rings is 1. The second-order valence-electron chi connectivity index (χ2n) is 3.28. The average molecular weight is 236 g/mol. The second kappa shape index (κ2) is 5.24. The fraction of sp³-hybridized carbons (Fsp3) is 0.455. The topological polar surface area (TPSA) is 44.5 Å². The summed E-state index contributed by atoms with van der Waals surface area (Å²) in [5.74, 6) is -0.0552. The summed E-state index contributed by atoms with van der Waals surface area (Å²) in [7, 11) is -5.32. The van der Waals surface area contributed by atoms with Gasteiger partial charge in [0.05, 0.1) is 27.3 Å². The van der Waals surface area contributed by atoms with Gasteiger partial charge in [-0.25, -0.2) is 0 Å². The molecule has 1 aromatic carbocycles. The maximum Gasteiger partial charge on any atom is 0.137 e. The molecule has 0 aliphatic carbocycles. The number of nitrogens with two attached hydrogens (primary N) is 1. The lowest BCUT2D eigenvalue weighted by Crippen LogP contribution is -2.18. The van der Waals surface area contributed by atoms with Gasteiger partial charge in [-0.1, -0.05) is 11.6 Å². The summed E-state index contributed by atoms with van der Waals surface area (Å²) in [4.78, 5) is 0. The van der Waals surface area contributed by atoms with Crippen LogP contribution in [0.2, 0.25) is 5.02 Å². The Morgan fingerprint density at radius 3 is 2.67 bits per heavy atom. The van der Waals surface area contributed by atoms with Gasteiger partial charge in [0.2, 0.25) is 0 Å². The van der Waals surface area contributed by atoms with Crippen molar-refractivity contribution in [2.75, 3.05) is 14.1 Å². The number of hydrogen-bond acceptors (Lipinski definition) is 3. The normalized spacial score (nSPS) is 19.9. The van der Waals surface area contributed by atoms with Crippen molar-refractivity contribution in [2.45, 2.75) is 19.4 Å². The van der Waals surface area contributed by atoms with Gasteiger partial charge in [-0.2, -0.15) is 0 Å². The number of ether oxygens (including phenoxy) is 2. The van der Waals surface area contributed by atoms with E-state index >= 15 is 0 Å². The predicted molar refractivity (Wildman–Crippen MR) is 61.9 cm³/mol. The Labute approximate surface area is 104 Å². The van der Waals surface area contributed by atoms with E-state index < -0.39 is 14.1 Å². The molecule has 1 aromatic rings. The highest BCUT2D eigenvalue weighted by molar-refractivity contribution is 6.32. The maximum atomic E-state index is 7.13. The first kappa shape index (κ1) is 5.97. The Hall–Kier alpha value is -0.930. The van der Waals surface area contributed by atoms with Gasteiger partial charge < -0.3 is 15.2 Å².